The third-order valence-electron chi connectivity index (χ3n) is 8.31. The number of carbonyl (C=O) groups is 2. The van der Waals surface area contributed by atoms with Gasteiger partial charge >= 0.3 is 5.97 Å². The molecule has 0 bridgehead atoms. The van der Waals surface area contributed by atoms with E-state index in [4.69, 9.17) is 9.15 Å². The summed E-state index contributed by atoms with van der Waals surface area (Å²) in [6, 6.07) is 1.80. The highest BCUT2D eigenvalue weighted by molar-refractivity contribution is 5.66. The van der Waals surface area contributed by atoms with E-state index in [1.165, 1.54) is 6.92 Å². The predicted molar refractivity (Wildman–Crippen MR) is 100 cm³/mol. The lowest BCUT2D eigenvalue weighted by molar-refractivity contribution is -0.296. The van der Waals surface area contributed by atoms with Gasteiger partial charge in [0.1, 0.15) is 18.2 Å². The SMILES string of the molecule is CC(=O)O[C@H]1CCC(C)(C)[C@]2(O)C[C@H](O)[C@H]3[C@H](C=O)c4ccoc4C[C@@H]3[C@@]12C. The van der Waals surface area contributed by atoms with E-state index >= 15 is 0 Å². The molecule has 28 heavy (non-hydrogen) atoms. The Morgan fingerprint density at radius 1 is 1.36 bits per heavy atom. The molecule has 6 nitrogen and oxygen atoms in total. The van der Waals surface area contributed by atoms with Crippen LogP contribution < -0.4 is 0 Å². The zero-order valence-corrected chi connectivity index (χ0v) is 17.0. The molecule has 1 aromatic rings. The summed E-state index contributed by atoms with van der Waals surface area (Å²) < 4.78 is 11.4. The van der Waals surface area contributed by atoms with Crippen molar-refractivity contribution in [3.8, 4) is 0 Å². The lowest BCUT2D eigenvalue weighted by Gasteiger charge is -2.68. The third-order valence-corrected chi connectivity index (χ3v) is 8.31. The summed E-state index contributed by atoms with van der Waals surface area (Å²) in [7, 11) is 0. The fourth-order valence-electron chi connectivity index (χ4n) is 6.75. The first kappa shape index (κ1) is 19.6. The van der Waals surface area contributed by atoms with Crippen LogP contribution in [-0.4, -0.2) is 40.3 Å². The maximum atomic E-state index is 12.1. The van der Waals surface area contributed by atoms with E-state index in [1.54, 1.807) is 12.3 Å². The molecular weight excluding hydrogens is 360 g/mol. The smallest absolute Gasteiger partial charge is 0.302 e. The monoisotopic (exact) mass is 390 g/mol. The normalized spacial score (nSPS) is 44.0. The number of aldehydes is 1. The molecule has 0 saturated heterocycles. The van der Waals surface area contributed by atoms with Gasteiger partial charge in [0.25, 0.3) is 0 Å². The van der Waals surface area contributed by atoms with Crippen molar-refractivity contribution in [1.29, 1.82) is 0 Å². The van der Waals surface area contributed by atoms with Crippen LogP contribution in [0.25, 0.3) is 0 Å². The lowest BCUT2D eigenvalue weighted by Crippen LogP contribution is -2.73. The van der Waals surface area contributed by atoms with Crippen molar-refractivity contribution in [2.45, 2.75) is 77.1 Å². The Morgan fingerprint density at radius 3 is 2.71 bits per heavy atom. The highest BCUT2D eigenvalue weighted by atomic mass is 16.5. The number of aliphatic hydroxyl groups is 2. The molecule has 0 radical (unpaired) electrons. The van der Waals surface area contributed by atoms with Gasteiger partial charge in [-0.1, -0.05) is 20.8 Å². The highest BCUT2D eigenvalue weighted by Gasteiger charge is 2.71. The second-order valence-corrected chi connectivity index (χ2v) is 9.78. The van der Waals surface area contributed by atoms with Gasteiger partial charge in [0.15, 0.2) is 0 Å². The number of fused-ring (bicyclic) bond motifs is 4. The molecule has 1 aromatic heterocycles. The largest absolute Gasteiger partial charge is 0.469 e. The van der Waals surface area contributed by atoms with Crippen LogP contribution in [0.5, 0.6) is 0 Å². The minimum atomic E-state index is -1.24. The summed E-state index contributed by atoms with van der Waals surface area (Å²) in [5, 5.41) is 23.2. The average molecular weight is 390 g/mol. The van der Waals surface area contributed by atoms with Crippen molar-refractivity contribution in [2.24, 2.45) is 22.7 Å². The summed E-state index contributed by atoms with van der Waals surface area (Å²) in [6.45, 7) is 7.39. The van der Waals surface area contributed by atoms with Crippen LogP contribution in [0.1, 0.15) is 64.2 Å². The zero-order valence-electron chi connectivity index (χ0n) is 17.0. The van der Waals surface area contributed by atoms with E-state index in [2.05, 4.69) is 0 Å². The molecule has 2 fully saturated rings. The summed E-state index contributed by atoms with van der Waals surface area (Å²) in [5.74, 6) is -0.746. The first-order valence-corrected chi connectivity index (χ1v) is 10.2. The van der Waals surface area contributed by atoms with Crippen LogP contribution in [0.15, 0.2) is 16.7 Å². The van der Waals surface area contributed by atoms with Crippen molar-refractivity contribution in [3.63, 3.8) is 0 Å². The number of ether oxygens (including phenoxy) is 1. The van der Waals surface area contributed by atoms with Crippen LogP contribution in [0.3, 0.4) is 0 Å². The maximum absolute atomic E-state index is 12.1. The number of esters is 1. The predicted octanol–water partition coefficient (Wildman–Crippen LogP) is 2.60. The van der Waals surface area contributed by atoms with E-state index in [0.29, 0.717) is 19.3 Å². The Balaban J connectivity index is 1.90. The van der Waals surface area contributed by atoms with Gasteiger partial charge in [-0.25, -0.2) is 0 Å². The fraction of sp³-hybridized carbons (Fsp3) is 0.727. The first-order valence-electron chi connectivity index (χ1n) is 10.2. The van der Waals surface area contributed by atoms with E-state index in [9.17, 15) is 19.8 Å². The van der Waals surface area contributed by atoms with Crippen molar-refractivity contribution in [2.75, 3.05) is 0 Å². The van der Waals surface area contributed by atoms with Crippen LogP contribution in [0.4, 0.5) is 0 Å². The quantitative estimate of drug-likeness (QED) is 0.595. The van der Waals surface area contributed by atoms with Gasteiger partial charge in [-0.05, 0) is 30.2 Å². The Kier molecular flexibility index (Phi) is 4.33. The highest BCUT2D eigenvalue weighted by Crippen LogP contribution is 2.67. The van der Waals surface area contributed by atoms with Crippen molar-refractivity contribution in [3.05, 3.63) is 23.7 Å². The molecule has 2 saturated carbocycles. The molecule has 3 aliphatic rings. The van der Waals surface area contributed by atoms with Gasteiger partial charge in [-0.2, -0.15) is 0 Å². The summed E-state index contributed by atoms with van der Waals surface area (Å²) >= 11 is 0. The van der Waals surface area contributed by atoms with Gasteiger partial charge in [-0.15, -0.1) is 0 Å². The standard InChI is InChI=1S/C22H30O6/c1-12(24)28-18-5-7-20(2,3)22(26)10-16(25)19-14(11-23)13-6-8-27-17(13)9-15(19)21(18,22)4/h6,8,11,14-16,18-19,25-26H,5,7,9-10H2,1-4H3/t14-,15+,16+,18+,19+,21+,22-/m1/s1. The average Bonchev–Trinajstić information content (AvgIpc) is 3.08. The Bertz CT molecular complexity index is 797. The number of carbonyl (C=O) groups excluding carboxylic acids is 2. The molecule has 2 N–H and O–H groups in total. The van der Waals surface area contributed by atoms with Crippen LogP contribution in [0.2, 0.25) is 0 Å². The minimum Gasteiger partial charge on any atom is -0.469 e. The van der Waals surface area contributed by atoms with Gasteiger partial charge in [0.2, 0.25) is 0 Å². The van der Waals surface area contributed by atoms with Crippen molar-refractivity contribution < 1.29 is 29.0 Å². The van der Waals surface area contributed by atoms with Gasteiger partial charge in [0.05, 0.1) is 18.0 Å². The van der Waals surface area contributed by atoms with E-state index in [-0.39, 0.29) is 24.2 Å². The molecule has 0 spiro atoms. The molecular formula is C22H30O6. The Labute approximate surface area is 165 Å². The molecule has 3 aliphatic carbocycles. The van der Waals surface area contributed by atoms with Crippen molar-refractivity contribution in [1.82, 2.24) is 0 Å². The molecule has 0 unspecified atom stereocenters. The molecule has 7 atom stereocenters. The number of hydrogen-bond donors (Lipinski definition) is 2. The molecule has 0 aliphatic heterocycles. The molecule has 6 heteroatoms. The molecule has 1 heterocycles. The van der Waals surface area contributed by atoms with Gasteiger partial charge < -0.3 is 24.2 Å². The van der Waals surface area contributed by atoms with Gasteiger partial charge in [0, 0.05) is 42.6 Å². The first-order chi connectivity index (χ1) is 13.1. The Hall–Kier alpha value is -1.66. The van der Waals surface area contributed by atoms with E-state index < -0.39 is 34.6 Å². The maximum Gasteiger partial charge on any atom is 0.302 e. The zero-order chi connectivity index (χ0) is 20.5. The molecule has 0 aromatic carbocycles. The van der Waals surface area contributed by atoms with Gasteiger partial charge in [-0.3, -0.25) is 4.79 Å². The molecule has 0 amide bonds. The van der Waals surface area contributed by atoms with E-state index in [0.717, 1.165) is 17.6 Å². The third kappa shape index (κ3) is 2.34. The number of rotatable bonds is 2. The summed E-state index contributed by atoms with van der Waals surface area (Å²) in [5.41, 5.74) is -1.69. The lowest BCUT2D eigenvalue weighted by atomic mass is 9.40. The number of furan rings is 1. The molecule has 154 valence electrons. The second-order valence-electron chi connectivity index (χ2n) is 9.78. The van der Waals surface area contributed by atoms with Crippen LogP contribution >= 0.6 is 0 Å². The molecule has 4 rings (SSSR count). The Morgan fingerprint density at radius 2 is 2.07 bits per heavy atom. The second kappa shape index (κ2) is 6.17. The van der Waals surface area contributed by atoms with Crippen LogP contribution in [0, 0.1) is 22.7 Å². The van der Waals surface area contributed by atoms with Crippen molar-refractivity contribution >= 4 is 12.3 Å². The van der Waals surface area contributed by atoms with Crippen LogP contribution in [-0.2, 0) is 20.7 Å². The van der Waals surface area contributed by atoms with E-state index in [1.807, 2.05) is 20.8 Å². The number of aliphatic hydroxyl groups excluding tert-OH is 1. The number of hydrogen-bond acceptors (Lipinski definition) is 6. The minimum absolute atomic E-state index is 0.160. The topological polar surface area (TPSA) is 97.0 Å². The summed E-state index contributed by atoms with van der Waals surface area (Å²) in [6.07, 6.45) is 3.15. The summed E-state index contributed by atoms with van der Waals surface area (Å²) in [4.78, 5) is 23.9. The fourth-order valence-corrected chi connectivity index (χ4v) is 6.75.